The number of aliphatic carboxylic acids is 1. The number of hydrogen-bond acceptors (Lipinski definition) is 3. The SMILES string of the molecule is O=C(NC1(C(=O)O)CCCCC1)[C@H]1CC(=O)N(c2cccc(Br)c2)C1. The van der Waals surface area contributed by atoms with E-state index < -0.39 is 17.4 Å². The Morgan fingerprint density at radius 3 is 2.60 bits per heavy atom. The van der Waals surface area contributed by atoms with Gasteiger partial charge in [-0.2, -0.15) is 0 Å². The topological polar surface area (TPSA) is 86.7 Å². The van der Waals surface area contributed by atoms with Crippen LogP contribution in [0.3, 0.4) is 0 Å². The van der Waals surface area contributed by atoms with Crippen molar-refractivity contribution in [1.82, 2.24) is 5.32 Å². The molecule has 134 valence electrons. The van der Waals surface area contributed by atoms with Gasteiger partial charge in [-0.25, -0.2) is 4.79 Å². The van der Waals surface area contributed by atoms with Gasteiger partial charge in [-0.1, -0.05) is 41.3 Å². The average molecular weight is 409 g/mol. The molecule has 0 bridgehead atoms. The molecule has 2 N–H and O–H groups in total. The van der Waals surface area contributed by atoms with Crippen molar-refractivity contribution >= 4 is 39.4 Å². The van der Waals surface area contributed by atoms with Gasteiger partial charge in [0.15, 0.2) is 0 Å². The molecule has 0 unspecified atom stereocenters. The quantitative estimate of drug-likeness (QED) is 0.801. The standard InChI is InChI=1S/C18H21BrN2O4/c19-13-5-4-6-14(10-13)21-11-12(9-15(21)22)16(23)20-18(17(24)25)7-2-1-3-8-18/h4-6,10,12H,1-3,7-9,11H2,(H,20,23)(H,24,25)/t12-/m0/s1. The van der Waals surface area contributed by atoms with Crippen LogP contribution in [0, 0.1) is 5.92 Å². The molecule has 6 nitrogen and oxygen atoms in total. The maximum absolute atomic E-state index is 12.6. The average Bonchev–Trinajstić information content (AvgIpc) is 2.97. The second-order valence-electron chi connectivity index (χ2n) is 6.82. The number of carbonyl (C=O) groups excluding carboxylic acids is 2. The van der Waals surface area contributed by atoms with Gasteiger partial charge in [-0.15, -0.1) is 0 Å². The van der Waals surface area contributed by atoms with Crippen LogP contribution in [0.4, 0.5) is 5.69 Å². The van der Waals surface area contributed by atoms with Gasteiger partial charge in [0.05, 0.1) is 5.92 Å². The lowest BCUT2D eigenvalue weighted by atomic mass is 9.81. The normalized spacial score (nSPS) is 22.7. The van der Waals surface area contributed by atoms with Crippen molar-refractivity contribution in [3.05, 3.63) is 28.7 Å². The summed E-state index contributed by atoms with van der Waals surface area (Å²) in [6, 6.07) is 7.36. The fourth-order valence-electron chi connectivity index (χ4n) is 3.66. The second kappa shape index (κ2) is 7.15. The van der Waals surface area contributed by atoms with Crippen molar-refractivity contribution in [1.29, 1.82) is 0 Å². The van der Waals surface area contributed by atoms with E-state index in [1.165, 1.54) is 0 Å². The molecular weight excluding hydrogens is 388 g/mol. The van der Waals surface area contributed by atoms with Crippen LogP contribution in [0.2, 0.25) is 0 Å². The number of benzene rings is 1. The number of carboxylic acid groups (broad SMARTS) is 1. The van der Waals surface area contributed by atoms with E-state index in [1.54, 1.807) is 4.90 Å². The van der Waals surface area contributed by atoms with Gasteiger partial charge in [0, 0.05) is 23.1 Å². The van der Waals surface area contributed by atoms with E-state index in [-0.39, 0.29) is 24.8 Å². The lowest BCUT2D eigenvalue weighted by Gasteiger charge is -2.34. The summed E-state index contributed by atoms with van der Waals surface area (Å²) in [5, 5.41) is 12.3. The summed E-state index contributed by atoms with van der Waals surface area (Å²) in [6.45, 7) is 0.275. The molecule has 0 spiro atoms. The van der Waals surface area contributed by atoms with Crippen LogP contribution in [0.15, 0.2) is 28.7 Å². The summed E-state index contributed by atoms with van der Waals surface area (Å²) < 4.78 is 0.859. The van der Waals surface area contributed by atoms with Gasteiger partial charge < -0.3 is 15.3 Å². The van der Waals surface area contributed by atoms with Crippen molar-refractivity contribution < 1.29 is 19.5 Å². The van der Waals surface area contributed by atoms with Crippen LogP contribution in [0.5, 0.6) is 0 Å². The van der Waals surface area contributed by atoms with Crippen LogP contribution in [0.25, 0.3) is 0 Å². The molecule has 3 rings (SSSR count). The monoisotopic (exact) mass is 408 g/mol. The molecule has 1 saturated heterocycles. The van der Waals surface area contributed by atoms with Crippen molar-refractivity contribution in [3.63, 3.8) is 0 Å². The Hall–Kier alpha value is -1.89. The highest BCUT2D eigenvalue weighted by Crippen LogP contribution is 2.31. The molecule has 1 saturated carbocycles. The van der Waals surface area contributed by atoms with E-state index in [2.05, 4.69) is 21.2 Å². The third-order valence-electron chi connectivity index (χ3n) is 5.09. The van der Waals surface area contributed by atoms with Crippen molar-refractivity contribution in [2.24, 2.45) is 5.92 Å². The molecule has 1 aromatic carbocycles. The highest BCUT2D eigenvalue weighted by atomic mass is 79.9. The van der Waals surface area contributed by atoms with Crippen molar-refractivity contribution in [3.8, 4) is 0 Å². The fraction of sp³-hybridized carbons (Fsp3) is 0.500. The third kappa shape index (κ3) is 3.71. The van der Waals surface area contributed by atoms with Crippen molar-refractivity contribution in [2.45, 2.75) is 44.1 Å². The van der Waals surface area contributed by atoms with Gasteiger partial charge >= 0.3 is 5.97 Å². The smallest absolute Gasteiger partial charge is 0.329 e. The molecule has 1 atom stereocenters. The minimum atomic E-state index is -1.18. The van der Waals surface area contributed by atoms with Crippen molar-refractivity contribution in [2.75, 3.05) is 11.4 Å². The summed E-state index contributed by atoms with van der Waals surface area (Å²) in [4.78, 5) is 38.3. The lowest BCUT2D eigenvalue weighted by molar-refractivity contribution is -0.149. The highest BCUT2D eigenvalue weighted by Gasteiger charge is 2.44. The number of anilines is 1. The predicted molar refractivity (Wildman–Crippen MR) is 96.2 cm³/mol. The summed E-state index contributed by atoms with van der Waals surface area (Å²) in [7, 11) is 0. The Bertz CT molecular complexity index is 700. The van der Waals surface area contributed by atoms with E-state index in [0.717, 1.165) is 29.4 Å². The van der Waals surface area contributed by atoms with Crippen LogP contribution >= 0.6 is 15.9 Å². The van der Waals surface area contributed by atoms with E-state index in [9.17, 15) is 19.5 Å². The van der Waals surface area contributed by atoms with Gasteiger partial charge in [-0.3, -0.25) is 9.59 Å². The molecule has 2 amide bonds. The summed E-state index contributed by atoms with van der Waals surface area (Å²) in [5.41, 5.74) is -0.443. The molecule has 0 radical (unpaired) electrons. The molecule has 1 aromatic rings. The molecule has 2 fully saturated rings. The third-order valence-corrected chi connectivity index (χ3v) is 5.59. The van der Waals surface area contributed by atoms with Crippen LogP contribution in [-0.2, 0) is 14.4 Å². The number of amides is 2. The summed E-state index contributed by atoms with van der Waals surface area (Å²) in [5.74, 6) is -1.96. The maximum Gasteiger partial charge on any atom is 0.329 e. The number of nitrogens with one attached hydrogen (secondary N) is 1. The van der Waals surface area contributed by atoms with Gasteiger partial charge in [0.25, 0.3) is 0 Å². The Morgan fingerprint density at radius 1 is 1.24 bits per heavy atom. The van der Waals surface area contributed by atoms with Gasteiger partial charge in [-0.05, 0) is 31.0 Å². The van der Waals surface area contributed by atoms with Crippen LogP contribution in [0.1, 0.15) is 38.5 Å². The number of carboxylic acids is 1. The van der Waals surface area contributed by atoms with E-state index in [1.807, 2.05) is 24.3 Å². The minimum absolute atomic E-state index is 0.105. The highest BCUT2D eigenvalue weighted by molar-refractivity contribution is 9.10. The molecular formula is C18H21BrN2O4. The number of nitrogens with zero attached hydrogens (tertiary/aromatic N) is 1. The number of hydrogen-bond donors (Lipinski definition) is 2. The number of carbonyl (C=O) groups is 3. The second-order valence-corrected chi connectivity index (χ2v) is 7.74. The first-order valence-corrected chi connectivity index (χ1v) is 9.32. The van der Waals surface area contributed by atoms with Crippen LogP contribution in [-0.4, -0.2) is 35.0 Å². The largest absolute Gasteiger partial charge is 0.480 e. The first kappa shape index (κ1) is 17.9. The first-order chi connectivity index (χ1) is 11.9. The molecule has 1 heterocycles. The molecule has 1 aliphatic heterocycles. The van der Waals surface area contributed by atoms with E-state index >= 15 is 0 Å². The van der Waals surface area contributed by atoms with E-state index in [0.29, 0.717) is 12.8 Å². The zero-order valence-corrected chi connectivity index (χ0v) is 15.4. The zero-order chi connectivity index (χ0) is 18.0. The number of halogens is 1. The zero-order valence-electron chi connectivity index (χ0n) is 13.8. The van der Waals surface area contributed by atoms with E-state index in [4.69, 9.17) is 0 Å². The molecule has 25 heavy (non-hydrogen) atoms. The first-order valence-electron chi connectivity index (χ1n) is 8.53. The predicted octanol–water partition coefficient (Wildman–Crippen LogP) is 2.71. The number of rotatable bonds is 4. The van der Waals surface area contributed by atoms with Gasteiger partial charge in [0.1, 0.15) is 5.54 Å². The Morgan fingerprint density at radius 2 is 1.96 bits per heavy atom. The molecule has 0 aromatic heterocycles. The lowest BCUT2D eigenvalue weighted by Crippen LogP contribution is -2.57. The van der Waals surface area contributed by atoms with Crippen LogP contribution < -0.4 is 10.2 Å². The maximum atomic E-state index is 12.6. The Balaban J connectivity index is 1.71. The molecule has 1 aliphatic carbocycles. The Kier molecular flexibility index (Phi) is 5.13. The summed E-state index contributed by atoms with van der Waals surface area (Å²) in [6.07, 6.45) is 3.58. The minimum Gasteiger partial charge on any atom is -0.480 e. The summed E-state index contributed by atoms with van der Waals surface area (Å²) >= 11 is 3.38. The molecule has 7 heteroatoms. The Labute approximate surface area is 154 Å². The molecule has 2 aliphatic rings. The fourth-order valence-corrected chi connectivity index (χ4v) is 4.05. The van der Waals surface area contributed by atoms with Gasteiger partial charge in [0.2, 0.25) is 11.8 Å².